The van der Waals surface area contributed by atoms with Gasteiger partial charge in [0.25, 0.3) is 0 Å². The first-order chi connectivity index (χ1) is 11.5. The lowest BCUT2D eigenvalue weighted by molar-refractivity contribution is 0.101. The van der Waals surface area contributed by atoms with Crippen LogP contribution in [0.15, 0.2) is 42.5 Å². The van der Waals surface area contributed by atoms with Gasteiger partial charge in [0.15, 0.2) is 5.78 Å². The Morgan fingerprint density at radius 3 is 2.62 bits per heavy atom. The number of nitrogen functional groups attached to an aromatic ring is 1. The fraction of sp³-hybridized carbons (Fsp3) is 0.158. The van der Waals surface area contributed by atoms with Gasteiger partial charge in [-0.3, -0.25) is 4.79 Å². The molecule has 1 aliphatic carbocycles. The second-order valence-corrected chi connectivity index (χ2v) is 6.04. The number of anilines is 1. The third-order valence-corrected chi connectivity index (χ3v) is 4.42. The molecule has 1 aliphatic rings. The lowest BCUT2D eigenvalue weighted by atomic mass is 9.88. The van der Waals surface area contributed by atoms with Crippen LogP contribution < -0.4 is 5.73 Å². The summed E-state index contributed by atoms with van der Waals surface area (Å²) in [5.41, 5.74) is 11.8. The number of hydrogen-bond donors (Lipinski definition) is 1. The largest absolute Gasteiger partial charge is 0.399 e. The number of carbonyl (C=O) groups is 1. The van der Waals surface area contributed by atoms with E-state index < -0.39 is 0 Å². The first-order valence-corrected chi connectivity index (χ1v) is 7.82. The average Bonchev–Trinajstić information content (AvgIpc) is 2.96. The van der Waals surface area contributed by atoms with E-state index in [9.17, 15) is 9.18 Å². The molecule has 0 amide bonds. The number of carbonyl (C=O) groups excluding carboxylic acids is 1. The van der Waals surface area contributed by atoms with Crippen molar-refractivity contribution in [3.63, 3.8) is 0 Å². The molecule has 0 aliphatic heterocycles. The van der Waals surface area contributed by atoms with Crippen LogP contribution >= 0.6 is 0 Å². The number of hydrogen-bond acceptors (Lipinski definition) is 3. The molecule has 24 heavy (non-hydrogen) atoms. The number of benzene rings is 2. The summed E-state index contributed by atoms with van der Waals surface area (Å²) in [4.78, 5) is 12.0. The Morgan fingerprint density at radius 2 is 1.92 bits per heavy atom. The Kier molecular flexibility index (Phi) is 3.23. The average molecular weight is 321 g/mol. The van der Waals surface area contributed by atoms with Gasteiger partial charge in [0, 0.05) is 23.7 Å². The number of aromatic nitrogens is 2. The Hall–Kier alpha value is -2.95. The van der Waals surface area contributed by atoms with E-state index in [1.165, 1.54) is 24.6 Å². The molecule has 1 heterocycles. The van der Waals surface area contributed by atoms with Crippen molar-refractivity contribution in [1.29, 1.82) is 0 Å². The van der Waals surface area contributed by atoms with Crippen molar-refractivity contribution in [3.8, 4) is 16.9 Å². The highest BCUT2D eigenvalue weighted by Crippen LogP contribution is 2.38. The van der Waals surface area contributed by atoms with Crippen LogP contribution in [0.1, 0.15) is 28.5 Å². The van der Waals surface area contributed by atoms with E-state index in [4.69, 9.17) is 5.73 Å². The van der Waals surface area contributed by atoms with Gasteiger partial charge >= 0.3 is 0 Å². The molecular formula is C19H16FN3O. The van der Waals surface area contributed by atoms with Gasteiger partial charge in [-0.1, -0.05) is 6.07 Å². The molecule has 4 nitrogen and oxygen atoms in total. The van der Waals surface area contributed by atoms with Crippen LogP contribution in [0, 0.1) is 5.82 Å². The molecule has 0 saturated heterocycles. The summed E-state index contributed by atoms with van der Waals surface area (Å²) < 4.78 is 15.0. The molecule has 2 aromatic carbocycles. The normalized spacial score (nSPS) is 12.6. The smallest absolute Gasteiger partial charge is 0.180 e. The van der Waals surface area contributed by atoms with Crippen LogP contribution in [0.25, 0.3) is 16.9 Å². The lowest BCUT2D eigenvalue weighted by Crippen LogP contribution is -2.08. The minimum atomic E-state index is -0.309. The van der Waals surface area contributed by atoms with E-state index in [-0.39, 0.29) is 11.6 Å². The summed E-state index contributed by atoms with van der Waals surface area (Å²) in [7, 11) is 0. The van der Waals surface area contributed by atoms with Gasteiger partial charge < -0.3 is 5.73 Å². The third-order valence-electron chi connectivity index (χ3n) is 4.42. The van der Waals surface area contributed by atoms with E-state index in [2.05, 4.69) is 5.10 Å². The Bertz CT molecular complexity index is 957. The molecule has 0 spiro atoms. The first-order valence-electron chi connectivity index (χ1n) is 7.82. The van der Waals surface area contributed by atoms with Crippen molar-refractivity contribution in [2.24, 2.45) is 0 Å². The Morgan fingerprint density at radius 1 is 1.17 bits per heavy atom. The number of fused-ring (bicyclic) bond motifs is 3. The van der Waals surface area contributed by atoms with Crippen LogP contribution in [0.3, 0.4) is 0 Å². The van der Waals surface area contributed by atoms with Gasteiger partial charge in [0.05, 0.1) is 11.4 Å². The van der Waals surface area contributed by atoms with E-state index in [1.54, 1.807) is 16.8 Å². The topological polar surface area (TPSA) is 60.9 Å². The molecule has 5 heteroatoms. The minimum Gasteiger partial charge on any atom is -0.399 e. The van der Waals surface area contributed by atoms with Crippen molar-refractivity contribution < 1.29 is 9.18 Å². The molecular weight excluding hydrogens is 305 g/mol. The number of rotatable bonds is 2. The standard InChI is InChI=1S/C19H16FN3O/c1-11(24)18-16-9-3-12-2-6-14(21)10-17(12)19(16)23(22-18)15-7-4-13(20)5-8-15/h2,4-8,10H,3,9,21H2,1H3. The molecule has 0 unspecified atom stereocenters. The Labute approximate surface area is 138 Å². The molecule has 0 bridgehead atoms. The monoisotopic (exact) mass is 321 g/mol. The van der Waals surface area contributed by atoms with Crippen LogP contribution in [-0.2, 0) is 12.8 Å². The molecule has 4 rings (SSSR count). The SMILES string of the molecule is CC(=O)c1nn(-c2ccc(F)cc2)c2c1CCc1ccc(N)cc1-2. The molecule has 2 N–H and O–H groups in total. The summed E-state index contributed by atoms with van der Waals surface area (Å²) in [6.45, 7) is 1.52. The van der Waals surface area contributed by atoms with Crippen molar-refractivity contribution in [2.75, 3.05) is 5.73 Å². The predicted molar refractivity (Wildman–Crippen MR) is 90.8 cm³/mol. The zero-order chi connectivity index (χ0) is 16.8. The number of halogens is 1. The van der Waals surface area contributed by atoms with E-state index in [0.717, 1.165) is 35.3 Å². The molecule has 120 valence electrons. The first kappa shape index (κ1) is 14.6. The fourth-order valence-electron chi connectivity index (χ4n) is 3.31. The number of nitrogens with zero attached hydrogens (tertiary/aromatic N) is 2. The fourth-order valence-corrected chi connectivity index (χ4v) is 3.31. The number of nitrogens with two attached hydrogens (primary N) is 1. The highest BCUT2D eigenvalue weighted by Gasteiger charge is 2.27. The van der Waals surface area contributed by atoms with Gasteiger partial charge in [-0.15, -0.1) is 0 Å². The molecule has 0 fully saturated rings. The highest BCUT2D eigenvalue weighted by atomic mass is 19.1. The molecule has 0 saturated carbocycles. The molecule has 3 aromatic rings. The molecule has 0 radical (unpaired) electrons. The van der Waals surface area contributed by atoms with E-state index in [0.29, 0.717) is 11.4 Å². The lowest BCUT2D eigenvalue weighted by Gasteiger charge is -2.19. The summed E-state index contributed by atoms with van der Waals surface area (Å²) in [5, 5.41) is 4.52. The maximum Gasteiger partial charge on any atom is 0.180 e. The van der Waals surface area contributed by atoms with Crippen molar-refractivity contribution in [3.05, 3.63) is 65.1 Å². The van der Waals surface area contributed by atoms with Crippen molar-refractivity contribution in [1.82, 2.24) is 9.78 Å². The van der Waals surface area contributed by atoms with Gasteiger partial charge in [-0.2, -0.15) is 5.10 Å². The predicted octanol–water partition coefficient (Wildman–Crippen LogP) is 3.56. The Balaban J connectivity index is 2.02. The summed E-state index contributed by atoms with van der Waals surface area (Å²) in [6.07, 6.45) is 1.60. The molecule has 1 aromatic heterocycles. The van der Waals surface area contributed by atoms with Crippen LogP contribution in [0.4, 0.5) is 10.1 Å². The third kappa shape index (κ3) is 2.21. The van der Waals surface area contributed by atoms with Gasteiger partial charge in [-0.05, 0) is 54.8 Å². The molecule has 0 atom stereocenters. The van der Waals surface area contributed by atoms with Gasteiger partial charge in [-0.25, -0.2) is 9.07 Å². The van der Waals surface area contributed by atoms with Crippen LogP contribution in [0.5, 0.6) is 0 Å². The second kappa shape index (κ2) is 5.30. The minimum absolute atomic E-state index is 0.0699. The number of aryl methyl sites for hydroxylation is 1. The second-order valence-electron chi connectivity index (χ2n) is 6.04. The maximum atomic E-state index is 13.3. The van der Waals surface area contributed by atoms with Gasteiger partial charge in [0.1, 0.15) is 11.5 Å². The number of ketones is 1. The maximum absolute atomic E-state index is 13.3. The quantitative estimate of drug-likeness (QED) is 0.580. The zero-order valence-corrected chi connectivity index (χ0v) is 13.2. The van der Waals surface area contributed by atoms with E-state index in [1.807, 2.05) is 18.2 Å². The van der Waals surface area contributed by atoms with Crippen molar-refractivity contribution >= 4 is 11.5 Å². The summed E-state index contributed by atoms with van der Waals surface area (Å²) in [6, 6.07) is 11.9. The zero-order valence-electron chi connectivity index (χ0n) is 13.2. The van der Waals surface area contributed by atoms with Crippen LogP contribution in [-0.4, -0.2) is 15.6 Å². The van der Waals surface area contributed by atoms with Gasteiger partial charge in [0.2, 0.25) is 0 Å². The summed E-state index contributed by atoms with van der Waals surface area (Å²) >= 11 is 0. The number of Topliss-reactive ketones (excluding diaryl/α,β-unsaturated/α-hetero) is 1. The van der Waals surface area contributed by atoms with Crippen molar-refractivity contribution in [2.45, 2.75) is 19.8 Å². The summed E-state index contributed by atoms with van der Waals surface area (Å²) in [5.74, 6) is -0.379. The highest BCUT2D eigenvalue weighted by molar-refractivity contribution is 5.96. The van der Waals surface area contributed by atoms with E-state index >= 15 is 0 Å². The van der Waals surface area contributed by atoms with Crippen LogP contribution in [0.2, 0.25) is 0 Å².